The van der Waals surface area contributed by atoms with Gasteiger partial charge in [-0.2, -0.15) is 0 Å². The Bertz CT molecular complexity index is 663. The Labute approximate surface area is 132 Å². The van der Waals surface area contributed by atoms with Crippen molar-refractivity contribution in [3.05, 3.63) is 58.1 Å². The van der Waals surface area contributed by atoms with Crippen LogP contribution < -0.4 is 0 Å². The van der Waals surface area contributed by atoms with Crippen LogP contribution in [-0.2, 0) is 0 Å². The monoisotopic (exact) mass is 321 g/mol. The first-order chi connectivity index (χ1) is 10.2. The number of hydrogen-bond donors (Lipinski definition) is 0. The molecule has 0 bridgehead atoms. The maximum atomic E-state index is 12.7. The molecule has 1 saturated heterocycles. The zero-order valence-electron chi connectivity index (χ0n) is 11.2. The zero-order valence-corrected chi connectivity index (χ0v) is 12.7. The molecular formula is C15H13Cl2N3O. The Balaban J connectivity index is 1.92. The molecule has 0 radical (unpaired) electrons. The molecule has 0 aromatic carbocycles. The minimum Gasteiger partial charge on any atom is -0.330 e. The third kappa shape index (κ3) is 2.87. The molecule has 4 nitrogen and oxygen atoms in total. The maximum absolute atomic E-state index is 12.7. The molecule has 1 aliphatic heterocycles. The first kappa shape index (κ1) is 14.3. The summed E-state index contributed by atoms with van der Waals surface area (Å²) in [6.45, 7) is 0.691. The van der Waals surface area contributed by atoms with Gasteiger partial charge in [0.1, 0.15) is 10.8 Å². The lowest BCUT2D eigenvalue weighted by atomic mass is 10.1. The van der Waals surface area contributed by atoms with Crippen molar-refractivity contribution in [2.75, 3.05) is 6.54 Å². The Morgan fingerprint density at radius 1 is 1.19 bits per heavy atom. The second-order valence-corrected chi connectivity index (χ2v) is 5.70. The first-order valence-corrected chi connectivity index (χ1v) is 7.45. The van der Waals surface area contributed by atoms with E-state index in [0.29, 0.717) is 11.6 Å². The zero-order chi connectivity index (χ0) is 14.8. The van der Waals surface area contributed by atoms with Crippen LogP contribution in [0.3, 0.4) is 0 Å². The maximum Gasteiger partial charge on any atom is 0.274 e. The van der Waals surface area contributed by atoms with E-state index in [1.807, 2.05) is 12.1 Å². The number of amides is 1. The number of carbonyl (C=O) groups is 1. The summed E-state index contributed by atoms with van der Waals surface area (Å²) in [7, 11) is 0. The van der Waals surface area contributed by atoms with Crippen LogP contribution in [0.15, 0.2) is 36.7 Å². The number of rotatable bonds is 2. The van der Waals surface area contributed by atoms with Crippen LogP contribution in [0.1, 0.15) is 34.9 Å². The number of halogens is 2. The van der Waals surface area contributed by atoms with Gasteiger partial charge in [0.15, 0.2) is 0 Å². The lowest BCUT2D eigenvalue weighted by Crippen LogP contribution is -2.31. The first-order valence-electron chi connectivity index (χ1n) is 6.70. The van der Waals surface area contributed by atoms with E-state index in [2.05, 4.69) is 9.97 Å². The van der Waals surface area contributed by atoms with E-state index in [1.54, 1.807) is 29.4 Å². The van der Waals surface area contributed by atoms with Gasteiger partial charge in [-0.3, -0.25) is 9.78 Å². The van der Waals surface area contributed by atoms with Crippen LogP contribution in [0, 0.1) is 0 Å². The fourth-order valence-electron chi connectivity index (χ4n) is 2.65. The van der Waals surface area contributed by atoms with Gasteiger partial charge in [-0.1, -0.05) is 23.2 Å². The van der Waals surface area contributed by atoms with Gasteiger partial charge in [-0.25, -0.2) is 4.98 Å². The van der Waals surface area contributed by atoms with Crippen LogP contribution in [0.2, 0.25) is 10.2 Å². The van der Waals surface area contributed by atoms with E-state index in [-0.39, 0.29) is 22.8 Å². The highest BCUT2D eigenvalue weighted by atomic mass is 35.5. The highest BCUT2D eigenvalue weighted by molar-refractivity contribution is 6.34. The number of hydrogen-bond acceptors (Lipinski definition) is 3. The number of carbonyl (C=O) groups excluding carboxylic acids is 1. The SMILES string of the molecule is O=C(c1nc(Cl)ccc1Cl)N1CCC[C@H]1c1ccncc1. The molecule has 3 heterocycles. The topological polar surface area (TPSA) is 46.1 Å². The molecule has 1 atom stereocenters. The standard InChI is InChI=1S/C15H13Cl2N3O/c16-11-3-4-13(17)19-14(11)15(21)20-9-1-2-12(20)10-5-7-18-8-6-10/h3-8,12H,1-2,9H2/t12-/m0/s1. The fourth-order valence-corrected chi connectivity index (χ4v) is 2.98. The van der Waals surface area contributed by atoms with Gasteiger partial charge in [0.05, 0.1) is 11.1 Å². The van der Waals surface area contributed by atoms with E-state index >= 15 is 0 Å². The second kappa shape index (κ2) is 6.00. The molecule has 1 amide bonds. The molecule has 1 aliphatic rings. The molecule has 3 rings (SSSR count). The van der Waals surface area contributed by atoms with Gasteiger partial charge < -0.3 is 4.90 Å². The minimum atomic E-state index is -0.179. The summed E-state index contributed by atoms with van der Waals surface area (Å²) in [5.41, 5.74) is 1.29. The molecule has 2 aromatic heterocycles. The Hall–Kier alpha value is -1.65. The van der Waals surface area contributed by atoms with Crippen LogP contribution in [0.4, 0.5) is 0 Å². The van der Waals surface area contributed by atoms with E-state index in [1.165, 1.54) is 0 Å². The summed E-state index contributed by atoms with van der Waals surface area (Å²) in [5, 5.41) is 0.590. The van der Waals surface area contributed by atoms with Gasteiger partial charge in [-0.05, 0) is 42.7 Å². The molecule has 0 saturated carbocycles. The summed E-state index contributed by atoms with van der Waals surface area (Å²) < 4.78 is 0. The molecule has 108 valence electrons. The van der Waals surface area contributed by atoms with E-state index < -0.39 is 0 Å². The summed E-state index contributed by atoms with van der Waals surface area (Å²) in [6, 6.07) is 7.08. The smallest absolute Gasteiger partial charge is 0.274 e. The normalized spacial score (nSPS) is 18.0. The van der Waals surface area contributed by atoms with Crippen molar-refractivity contribution in [1.29, 1.82) is 0 Å². The Kier molecular flexibility index (Phi) is 4.08. The molecule has 0 N–H and O–H groups in total. The molecule has 21 heavy (non-hydrogen) atoms. The van der Waals surface area contributed by atoms with Crippen molar-refractivity contribution in [3.8, 4) is 0 Å². The quantitative estimate of drug-likeness (QED) is 0.791. The Morgan fingerprint density at radius 2 is 1.95 bits per heavy atom. The number of pyridine rings is 2. The number of likely N-dealkylation sites (tertiary alicyclic amines) is 1. The highest BCUT2D eigenvalue weighted by Gasteiger charge is 2.32. The molecule has 2 aromatic rings. The van der Waals surface area contributed by atoms with Crippen molar-refractivity contribution in [2.45, 2.75) is 18.9 Å². The van der Waals surface area contributed by atoms with Crippen molar-refractivity contribution < 1.29 is 4.79 Å². The molecule has 1 fully saturated rings. The third-order valence-corrected chi connectivity index (χ3v) is 4.13. The van der Waals surface area contributed by atoms with Crippen LogP contribution in [-0.4, -0.2) is 27.3 Å². The van der Waals surface area contributed by atoms with Crippen LogP contribution >= 0.6 is 23.2 Å². The van der Waals surface area contributed by atoms with E-state index in [9.17, 15) is 4.79 Å². The predicted molar refractivity (Wildman–Crippen MR) is 81.5 cm³/mol. The second-order valence-electron chi connectivity index (χ2n) is 4.90. The predicted octanol–water partition coefficient (Wildman–Crippen LogP) is 3.76. The van der Waals surface area contributed by atoms with Crippen LogP contribution in [0.25, 0.3) is 0 Å². The molecule has 0 spiro atoms. The van der Waals surface area contributed by atoms with Crippen molar-refractivity contribution in [3.63, 3.8) is 0 Å². The average Bonchev–Trinajstić information content (AvgIpc) is 2.99. The van der Waals surface area contributed by atoms with Gasteiger partial charge >= 0.3 is 0 Å². The molecule has 0 unspecified atom stereocenters. The average molecular weight is 322 g/mol. The van der Waals surface area contributed by atoms with Gasteiger partial charge in [0.2, 0.25) is 0 Å². The molecule has 0 aliphatic carbocycles. The summed E-state index contributed by atoms with van der Waals surface area (Å²) in [5.74, 6) is -0.179. The van der Waals surface area contributed by atoms with Gasteiger partial charge in [-0.15, -0.1) is 0 Å². The highest BCUT2D eigenvalue weighted by Crippen LogP contribution is 2.33. The van der Waals surface area contributed by atoms with Gasteiger partial charge in [0, 0.05) is 18.9 Å². The largest absolute Gasteiger partial charge is 0.330 e. The summed E-state index contributed by atoms with van der Waals surface area (Å²) >= 11 is 12.0. The lowest BCUT2D eigenvalue weighted by Gasteiger charge is -2.25. The fraction of sp³-hybridized carbons (Fsp3) is 0.267. The summed E-state index contributed by atoms with van der Waals surface area (Å²) in [6.07, 6.45) is 5.35. The van der Waals surface area contributed by atoms with E-state index in [0.717, 1.165) is 18.4 Å². The van der Waals surface area contributed by atoms with E-state index in [4.69, 9.17) is 23.2 Å². The lowest BCUT2D eigenvalue weighted by molar-refractivity contribution is 0.0730. The van der Waals surface area contributed by atoms with Crippen molar-refractivity contribution in [2.24, 2.45) is 0 Å². The summed E-state index contributed by atoms with van der Waals surface area (Å²) in [4.78, 5) is 22.6. The van der Waals surface area contributed by atoms with Crippen molar-refractivity contribution >= 4 is 29.1 Å². The Morgan fingerprint density at radius 3 is 2.71 bits per heavy atom. The molecule has 6 heteroatoms. The molecular weight excluding hydrogens is 309 g/mol. The number of aromatic nitrogens is 2. The van der Waals surface area contributed by atoms with Crippen LogP contribution in [0.5, 0.6) is 0 Å². The van der Waals surface area contributed by atoms with Gasteiger partial charge in [0.25, 0.3) is 5.91 Å². The minimum absolute atomic E-state index is 0.0392. The van der Waals surface area contributed by atoms with Crippen molar-refractivity contribution in [1.82, 2.24) is 14.9 Å². The number of nitrogens with zero attached hydrogens (tertiary/aromatic N) is 3. The third-order valence-electron chi connectivity index (χ3n) is 3.62.